The van der Waals surface area contributed by atoms with Gasteiger partial charge in [-0.3, -0.25) is 35.9 Å². The molecule has 93 heavy (non-hydrogen) atoms. The number of carboxylic acid groups (broad SMARTS) is 4. The number of nitrogens with two attached hydrogens (primary N) is 8. The second-order valence-electron chi connectivity index (χ2n) is 25.0. The van der Waals surface area contributed by atoms with Gasteiger partial charge in [0.1, 0.15) is 22.2 Å². The summed E-state index contributed by atoms with van der Waals surface area (Å²) in [7, 11) is -22.4. The molecule has 7 fully saturated rings. The zero-order chi connectivity index (χ0) is 70.8. The third-order valence-corrected chi connectivity index (χ3v) is 23.2. The van der Waals surface area contributed by atoms with E-state index in [-0.39, 0.29) is 115 Å². The zero-order valence-corrected chi connectivity index (χ0v) is 54.6. The first-order chi connectivity index (χ1) is 42.7. The minimum absolute atomic E-state index is 0.0115. The first kappa shape index (κ1) is 82.4. The van der Waals surface area contributed by atoms with Crippen molar-refractivity contribution in [3.05, 3.63) is 0 Å². The first-order valence-electron chi connectivity index (χ1n) is 29.9. The summed E-state index contributed by atoms with van der Waals surface area (Å²) >= 11 is 0. The summed E-state index contributed by atoms with van der Waals surface area (Å²) in [4.78, 5) is 46.0. The zero-order valence-electron chi connectivity index (χ0n) is 51.3. The van der Waals surface area contributed by atoms with Crippen LogP contribution in [0.2, 0.25) is 25.3 Å². The molecule has 13 atom stereocenters. The van der Waals surface area contributed by atoms with Gasteiger partial charge in [0.2, 0.25) is 0 Å². The maximum atomic E-state index is 12.5. The number of aliphatic carboxylic acids is 4. The van der Waals surface area contributed by atoms with E-state index in [0.29, 0.717) is 51.4 Å². The topological polar surface area (TPSA) is 706 Å². The molecule has 0 radical (unpaired) electrons. The molecule has 28 N–H and O–H groups in total. The van der Waals surface area contributed by atoms with Crippen molar-refractivity contribution < 1.29 is 130 Å². The fourth-order valence-corrected chi connectivity index (χ4v) is 16.3. The van der Waals surface area contributed by atoms with E-state index in [0.717, 1.165) is 17.2 Å². The van der Waals surface area contributed by atoms with Crippen molar-refractivity contribution in [3.63, 3.8) is 0 Å². The number of nitrogens with zero attached hydrogens (tertiary/aromatic N) is 4. The lowest BCUT2D eigenvalue weighted by Crippen LogP contribution is -2.55. The van der Waals surface area contributed by atoms with Crippen molar-refractivity contribution in [1.29, 1.82) is 0 Å². The normalized spacial score (nSPS) is 31.4. The third-order valence-electron chi connectivity index (χ3n) is 17.6. The lowest BCUT2D eigenvalue weighted by atomic mass is 9.78. The van der Waals surface area contributed by atoms with Gasteiger partial charge in [-0.15, -0.1) is 0 Å². The molecular formula is C45H92B4N12O28S4. The van der Waals surface area contributed by atoms with Gasteiger partial charge in [-0.1, -0.05) is 25.7 Å². The summed E-state index contributed by atoms with van der Waals surface area (Å²) in [5.74, 6) is -7.82. The molecule has 0 aromatic carbocycles. The van der Waals surface area contributed by atoms with Crippen LogP contribution in [-0.2, 0) is 77.1 Å². The van der Waals surface area contributed by atoms with Gasteiger partial charge in [0, 0.05) is 100 Å². The Morgan fingerprint density at radius 1 is 0.473 bits per heavy atom. The summed E-state index contributed by atoms with van der Waals surface area (Å²) in [5.41, 5.74) is 38.2. The Balaban J connectivity index is 0.000000265. The molecule has 0 aromatic heterocycles. The number of rotatable bonds is 34. The van der Waals surface area contributed by atoms with Crippen LogP contribution in [0.3, 0.4) is 0 Å². The molecule has 4 aliphatic heterocycles. The van der Waals surface area contributed by atoms with Crippen LogP contribution in [0.5, 0.6) is 0 Å². The predicted octanol–water partition coefficient (Wildman–Crippen LogP) is -10.1. The number of carboxylic acids is 4. The maximum absolute atomic E-state index is 12.5. The molecule has 3 aliphatic carbocycles. The Morgan fingerprint density at radius 2 is 0.720 bits per heavy atom. The van der Waals surface area contributed by atoms with Gasteiger partial charge in [0.25, 0.3) is 0 Å². The minimum atomic E-state index is -4.17. The van der Waals surface area contributed by atoms with E-state index < -0.39 is 176 Å². The Kier molecular flexibility index (Phi) is 29.4. The van der Waals surface area contributed by atoms with Crippen LogP contribution in [0.15, 0.2) is 0 Å². The number of hydrogen-bond acceptors (Lipinski definition) is 32. The standard InChI is InChI=1S/C13H26BN3O7S.2C11H22BN3O7S.C10H22BN3O7S/c1-9(12(15)4-5-12)24-25(22,23)17-7-10(3-2-6-14(20)21)13(16,8-17)11(18)19;2*13-8-4-9(8)22-23(20,21)15-5-7(2-1-3-12(18)19)11(14,6-15)10(16)17;12-4-5-21-22(19,20)14-6-8(2-1-3-11(17)18)10(13,7-14)9(15)16/h9-10,20-21H,2-8,15-16H2,1H3,(H,18,19);2*7-9,18-19H,1-6,13-14H2,(H,16,17);8,17-18H,1-7,12-13H2,(H,15,16)/t9-,10-,13-;7-,8+,9+,11-;7-,8-,9-,11-;8-,10-/m0000/s1. The molecule has 7 aliphatic rings. The van der Waals surface area contributed by atoms with Crippen molar-refractivity contribution in [2.45, 2.75) is 167 Å². The molecular weight excluding hydrogens is 1330 g/mol. The van der Waals surface area contributed by atoms with Crippen LogP contribution in [-0.4, -0.2) is 287 Å². The van der Waals surface area contributed by atoms with Crippen LogP contribution in [0.1, 0.15) is 84.0 Å². The maximum Gasteiger partial charge on any atom is 0.451 e. The second kappa shape index (κ2) is 33.2. The Labute approximate surface area is 541 Å². The van der Waals surface area contributed by atoms with Crippen LogP contribution >= 0.6 is 0 Å². The van der Waals surface area contributed by atoms with Gasteiger partial charge < -0.3 is 106 Å². The SMILES string of the molecule is C[C@H](OS(=O)(=O)N1C[C@H](CCCB(O)O)[C@](N)(C(=O)O)C1)C1(N)CC1.NCCOS(=O)(=O)N1C[C@H](CCCB(O)O)[C@](N)(C(=O)O)C1.N[C@@H]1C[C@H]1OS(=O)(=O)N1C[C@H](CCCB(O)O)[C@](N)(C(=O)O)C1.N[C@H]1C[C@@H]1OS(=O)(=O)N1C[C@H](CCCB(O)O)[C@](N)(C(=O)O)C1. The summed E-state index contributed by atoms with van der Waals surface area (Å²) in [6.07, 6.45) is 2.90. The highest BCUT2D eigenvalue weighted by Gasteiger charge is 2.58. The van der Waals surface area contributed by atoms with Crippen molar-refractivity contribution in [1.82, 2.24) is 17.2 Å². The van der Waals surface area contributed by atoms with E-state index in [2.05, 4.69) is 4.18 Å². The molecule has 40 nitrogen and oxygen atoms in total. The molecule has 4 saturated heterocycles. The quantitative estimate of drug-likeness (QED) is 0.0266. The molecule has 7 rings (SSSR count). The molecule has 0 unspecified atom stereocenters. The fraction of sp³-hybridized carbons (Fsp3) is 0.911. The van der Waals surface area contributed by atoms with Crippen molar-refractivity contribution in [3.8, 4) is 0 Å². The molecule has 0 aromatic rings. The van der Waals surface area contributed by atoms with Crippen LogP contribution in [0.25, 0.3) is 0 Å². The highest BCUT2D eigenvalue weighted by molar-refractivity contribution is 7.85. The predicted molar refractivity (Wildman–Crippen MR) is 328 cm³/mol. The van der Waals surface area contributed by atoms with Gasteiger partial charge in [-0.05, 0) is 83.6 Å². The van der Waals surface area contributed by atoms with Gasteiger partial charge >= 0.3 is 93.6 Å². The lowest BCUT2D eigenvalue weighted by molar-refractivity contribution is -0.145. The van der Waals surface area contributed by atoms with Crippen molar-refractivity contribution >= 4 is 93.6 Å². The molecule has 3 saturated carbocycles. The number of hydrogen-bond donors (Lipinski definition) is 20. The largest absolute Gasteiger partial charge is 0.480 e. The van der Waals surface area contributed by atoms with Crippen LogP contribution in [0.4, 0.5) is 0 Å². The minimum Gasteiger partial charge on any atom is -0.480 e. The average Bonchev–Trinajstić information content (AvgIpc) is 1.65. The van der Waals surface area contributed by atoms with E-state index in [1.54, 1.807) is 6.92 Å². The van der Waals surface area contributed by atoms with Gasteiger partial charge in [-0.25, -0.2) is 0 Å². The van der Waals surface area contributed by atoms with E-state index in [4.69, 9.17) is 98.6 Å². The Morgan fingerprint density at radius 3 is 0.935 bits per heavy atom. The number of carbonyl (C=O) groups is 4. The van der Waals surface area contributed by atoms with Crippen LogP contribution in [0, 0.1) is 23.7 Å². The third kappa shape index (κ3) is 22.8. The van der Waals surface area contributed by atoms with E-state index in [1.165, 1.54) is 0 Å². The Bertz CT molecular complexity index is 2900. The highest BCUT2D eigenvalue weighted by atomic mass is 32.2. The van der Waals surface area contributed by atoms with Gasteiger partial charge in [-0.2, -0.15) is 50.9 Å². The molecule has 0 bridgehead atoms. The van der Waals surface area contributed by atoms with Crippen molar-refractivity contribution in [2.75, 3.05) is 65.5 Å². The lowest BCUT2D eigenvalue weighted by Gasteiger charge is -2.25. The summed E-state index contributed by atoms with van der Waals surface area (Å²) < 4.78 is 121. The van der Waals surface area contributed by atoms with E-state index >= 15 is 0 Å². The average molecular weight is 1420 g/mol. The molecule has 0 spiro atoms. The van der Waals surface area contributed by atoms with Gasteiger partial charge in [0.15, 0.2) is 0 Å². The fourth-order valence-electron chi connectivity index (χ4n) is 11.0. The first-order valence-corrected chi connectivity index (χ1v) is 35.4. The van der Waals surface area contributed by atoms with E-state index in [9.17, 15) is 73.3 Å². The van der Waals surface area contributed by atoms with Crippen molar-refractivity contribution in [2.24, 2.45) is 69.5 Å². The summed E-state index contributed by atoms with van der Waals surface area (Å²) in [5, 5.41) is 108. The molecule has 4 heterocycles. The van der Waals surface area contributed by atoms with E-state index in [1.807, 2.05) is 0 Å². The molecule has 0 amide bonds. The summed E-state index contributed by atoms with van der Waals surface area (Å²) in [6.45, 7) is -0.575. The monoisotopic (exact) mass is 1420 g/mol. The molecule has 536 valence electrons. The Hall–Kier alpha value is -3.02. The molecule has 48 heteroatoms. The summed E-state index contributed by atoms with van der Waals surface area (Å²) in [6, 6.07) is -0.646. The highest BCUT2D eigenvalue weighted by Crippen LogP contribution is 2.41. The smallest absolute Gasteiger partial charge is 0.451 e. The second-order valence-corrected chi connectivity index (χ2v) is 31.3. The van der Waals surface area contributed by atoms with Crippen LogP contribution < -0.4 is 45.9 Å². The van der Waals surface area contributed by atoms with Gasteiger partial charge in [0.05, 0.1) is 24.9 Å².